The van der Waals surface area contributed by atoms with E-state index >= 15 is 0 Å². The van der Waals surface area contributed by atoms with Crippen LogP contribution in [0.5, 0.6) is 0 Å². The smallest absolute Gasteiger partial charge is 0.435 e. The van der Waals surface area contributed by atoms with Crippen molar-refractivity contribution < 1.29 is 14.5 Å². The van der Waals surface area contributed by atoms with Gasteiger partial charge in [-0.2, -0.15) is 0 Å². The molecule has 0 saturated heterocycles. The number of ether oxygens (including phenoxy) is 1. The van der Waals surface area contributed by atoms with Crippen LogP contribution in [0.3, 0.4) is 0 Å². The number of methoxy groups -OCH3 is 1. The van der Waals surface area contributed by atoms with Crippen molar-refractivity contribution in [2.75, 3.05) is 31.3 Å². The number of unbranched alkanes of at least 4 members (excludes halogenated alkanes) is 2. The Balaban J connectivity index is 2.16. The number of amides is 1. The van der Waals surface area contributed by atoms with E-state index in [0.717, 1.165) is 31.5 Å². The Labute approximate surface area is 125 Å². The van der Waals surface area contributed by atoms with Gasteiger partial charge in [-0.15, -0.1) is 0 Å². The van der Waals surface area contributed by atoms with E-state index in [1.54, 1.807) is 12.3 Å². The second-order valence-corrected chi connectivity index (χ2v) is 4.54. The molecule has 5 N–H and O–H groups in total. The summed E-state index contributed by atoms with van der Waals surface area (Å²) in [5, 5.41) is 5.75. The van der Waals surface area contributed by atoms with Crippen LogP contribution in [0.1, 0.15) is 25.7 Å². The molecule has 1 rings (SSSR count). The first kappa shape index (κ1) is 16.7. The molecule has 0 aliphatic rings. The third-order valence-corrected chi connectivity index (χ3v) is 2.92. The van der Waals surface area contributed by atoms with Gasteiger partial charge in [-0.05, 0) is 31.4 Å². The molecule has 0 radical (unpaired) electrons. The molecule has 0 bridgehead atoms. The minimum atomic E-state index is -0.0179. The van der Waals surface area contributed by atoms with Crippen LogP contribution in [0, 0.1) is 0 Å². The van der Waals surface area contributed by atoms with Crippen molar-refractivity contribution in [3.63, 3.8) is 0 Å². The van der Waals surface area contributed by atoms with Gasteiger partial charge in [-0.1, -0.05) is 0 Å². The lowest BCUT2D eigenvalue weighted by atomic mass is 10.2. The van der Waals surface area contributed by atoms with Crippen LogP contribution in [-0.4, -0.2) is 37.6 Å². The number of anilines is 2. The van der Waals surface area contributed by atoms with Gasteiger partial charge in [-0.3, -0.25) is 10.5 Å². The molecule has 0 unspecified atom stereocenters. The number of hydrogen-bond donors (Lipinski definition) is 4. The Morgan fingerprint density at radius 1 is 1.38 bits per heavy atom. The SMILES string of the molecule is CNc1ccc(NC(=O)CCCCC[NH+]=C(N)OC)nc1. The summed E-state index contributed by atoms with van der Waals surface area (Å²) >= 11 is 0. The zero-order chi connectivity index (χ0) is 15.5. The highest BCUT2D eigenvalue weighted by Gasteiger charge is 2.03. The molecule has 1 amide bonds. The number of nitrogens with two attached hydrogens (primary N) is 1. The third-order valence-electron chi connectivity index (χ3n) is 2.92. The van der Waals surface area contributed by atoms with Crippen molar-refractivity contribution >= 4 is 23.4 Å². The van der Waals surface area contributed by atoms with Gasteiger partial charge in [-0.25, -0.2) is 9.98 Å². The van der Waals surface area contributed by atoms with Crippen LogP contribution in [0.2, 0.25) is 0 Å². The fourth-order valence-electron chi connectivity index (χ4n) is 1.69. The van der Waals surface area contributed by atoms with Gasteiger partial charge in [0.15, 0.2) is 0 Å². The summed E-state index contributed by atoms with van der Waals surface area (Å²) in [6.45, 7) is 0.744. The summed E-state index contributed by atoms with van der Waals surface area (Å²) in [5.74, 6) is 0.554. The fraction of sp³-hybridized carbons (Fsp3) is 0.500. The fourth-order valence-corrected chi connectivity index (χ4v) is 1.69. The van der Waals surface area contributed by atoms with Gasteiger partial charge in [0.2, 0.25) is 5.91 Å². The lowest BCUT2D eigenvalue weighted by Crippen LogP contribution is -2.75. The lowest BCUT2D eigenvalue weighted by Gasteiger charge is -2.05. The quantitative estimate of drug-likeness (QED) is 0.298. The van der Waals surface area contributed by atoms with E-state index < -0.39 is 0 Å². The first-order chi connectivity index (χ1) is 10.2. The molecule has 1 aromatic heterocycles. The molecular weight excluding hydrogens is 270 g/mol. The highest BCUT2D eigenvalue weighted by molar-refractivity contribution is 5.89. The van der Waals surface area contributed by atoms with Crippen molar-refractivity contribution in [3.05, 3.63) is 18.3 Å². The largest absolute Gasteiger partial charge is 0.439 e. The minimum absolute atomic E-state index is 0.0179. The van der Waals surface area contributed by atoms with Crippen LogP contribution in [0.25, 0.3) is 0 Å². The first-order valence-corrected chi connectivity index (χ1v) is 6.99. The van der Waals surface area contributed by atoms with E-state index in [0.29, 0.717) is 18.3 Å². The van der Waals surface area contributed by atoms with Crippen molar-refractivity contribution in [1.29, 1.82) is 0 Å². The maximum absolute atomic E-state index is 11.7. The molecule has 7 heteroatoms. The second kappa shape index (κ2) is 9.57. The maximum atomic E-state index is 11.7. The normalized spacial score (nSPS) is 11.0. The molecule has 0 aliphatic carbocycles. The number of carbonyl (C=O) groups excluding carboxylic acids is 1. The molecule has 0 fully saturated rings. The third kappa shape index (κ3) is 7.14. The van der Waals surface area contributed by atoms with Gasteiger partial charge in [0, 0.05) is 13.5 Å². The van der Waals surface area contributed by atoms with Crippen LogP contribution in [-0.2, 0) is 9.53 Å². The maximum Gasteiger partial charge on any atom is 0.439 e. The van der Waals surface area contributed by atoms with E-state index in [2.05, 4.69) is 20.6 Å². The number of amidine groups is 1. The molecule has 1 aromatic rings. The van der Waals surface area contributed by atoms with Gasteiger partial charge in [0.05, 0.1) is 25.5 Å². The summed E-state index contributed by atoms with van der Waals surface area (Å²) in [5.41, 5.74) is 6.36. The Bertz CT molecular complexity index is 459. The number of hydrogen-bond acceptors (Lipinski definition) is 4. The molecule has 116 valence electrons. The Morgan fingerprint density at radius 2 is 2.19 bits per heavy atom. The highest BCUT2D eigenvalue weighted by Crippen LogP contribution is 2.09. The summed E-state index contributed by atoms with van der Waals surface area (Å²) in [4.78, 5) is 18.8. The predicted octanol–water partition coefficient (Wildman–Crippen LogP) is -0.336. The van der Waals surface area contributed by atoms with Gasteiger partial charge >= 0.3 is 6.02 Å². The predicted molar refractivity (Wildman–Crippen MR) is 82.9 cm³/mol. The van der Waals surface area contributed by atoms with Crippen LogP contribution in [0.4, 0.5) is 11.5 Å². The minimum Gasteiger partial charge on any atom is -0.435 e. The zero-order valence-corrected chi connectivity index (χ0v) is 12.6. The number of rotatable bonds is 8. The number of nitrogens with one attached hydrogen (secondary N) is 3. The van der Waals surface area contributed by atoms with Crippen LogP contribution < -0.4 is 21.4 Å². The topological polar surface area (TPSA) is 103 Å². The van der Waals surface area contributed by atoms with Gasteiger partial charge in [0.1, 0.15) is 5.82 Å². The molecule has 1 heterocycles. The van der Waals surface area contributed by atoms with Crippen molar-refractivity contribution in [1.82, 2.24) is 4.98 Å². The molecule has 0 aliphatic heterocycles. The molecule has 0 aromatic carbocycles. The zero-order valence-electron chi connectivity index (χ0n) is 12.6. The number of aromatic nitrogens is 1. The summed E-state index contributed by atoms with van der Waals surface area (Å²) in [6, 6.07) is 3.96. The van der Waals surface area contributed by atoms with E-state index in [4.69, 9.17) is 10.5 Å². The van der Waals surface area contributed by atoms with Gasteiger partial charge < -0.3 is 15.4 Å². The Morgan fingerprint density at radius 3 is 2.81 bits per heavy atom. The van der Waals surface area contributed by atoms with Gasteiger partial charge in [0.25, 0.3) is 0 Å². The van der Waals surface area contributed by atoms with E-state index in [1.165, 1.54) is 7.11 Å². The summed E-state index contributed by atoms with van der Waals surface area (Å²) < 4.78 is 4.79. The number of nitrogens with zero attached hydrogens (tertiary/aromatic N) is 1. The molecule has 21 heavy (non-hydrogen) atoms. The Kier molecular flexibility index (Phi) is 7.63. The van der Waals surface area contributed by atoms with Crippen LogP contribution >= 0.6 is 0 Å². The molecule has 0 saturated carbocycles. The van der Waals surface area contributed by atoms with Crippen LogP contribution in [0.15, 0.2) is 18.3 Å². The van der Waals surface area contributed by atoms with Crippen molar-refractivity contribution in [3.8, 4) is 0 Å². The second-order valence-electron chi connectivity index (χ2n) is 4.54. The van der Waals surface area contributed by atoms with E-state index in [9.17, 15) is 4.79 Å². The van der Waals surface area contributed by atoms with Crippen molar-refractivity contribution in [2.24, 2.45) is 5.73 Å². The van der Waals surface area contributed by atoms with E-state index in [-0.39, 0.29) is 5.91 Å². The molecule has 0 spiro atoms. The average molecular weight is 294 g/mol. The van der Waals surface area contributed by atoms with E-state index in [1.807, 2.05) is 13.1 Å². The molecular formula is C14H24N5O2+. The number of carbonyl (C=O) groups is 1. The monoisotopic (exact) mass is 294 g/mol. The molecule has 0 atom stereocenters. The first-order valence-electron chi connectivity index (χ1n) is 6.99. The van der Waals surface area contributed by atoms with Crippen molar-refractivity contribution in [2.45, 2.75) is 25.7 Å². The summed E-state index contributed by atoms with van der Waals surface area (Å²) in [7, 11) is 3.34. The number of pyridine rings is 1. The molecule has 7 nitrogen and oxygen atoms in total. The lowest BCUT2D eigenvalue weighted by molar-refractivity contribution is -0.468. The standard InChI is InChI=1S/C14H23N5O2/c1-16-11-7-8-12(18-10-11)19-13(20)6-4-3-5-9-17-14(15)21-2/h7-8,10,16H,3-6,9H2,1-2H3,(H2,15,17)(H,18,19,20)/p+1. The highest BCUT2D eigenvalue weighted by atomic mass is 16.5. The Hall–Kier alpha value is -2.31. The summed E-state index contributed by atoms with van der Waals surface area (Å²) in [6.07, 6.45) is 4.88. The average Bonchev–Trinajstić information content (AvgIpc) is 2.51.